The van der Waals surface area contributed by atoms with E-state index in [2.05, 4.69) is 25.3 Å². The van der Waals surface area contributed by atoms with E-state index in [4.69, 9.17) is 15.2 Å². The van der Waals surface area contributed by atoms with Crippen LogP contribution in [0.15, 0.2) is 28.9 Å². The molecule has 0 amide bonds. The first-order chi connectivity index (χ1) is 11.7. The van der Waals surface area contributed by atoms with Crippen LogP contribution in [0.3, 0.4) is 0 Å². The minimum atomic E-state index is -0.645. The van der Waals surface area contributed by atoms with Crippen molar-refractivity contribution in [2.24, 2.45) is 0 Å². The summed E-state index contributed by atoms with van der Waals surface area (Å²) in [4.78, 5) is 12.0. The summed E-state index contributed by atoms with van der Waals surface area (Å²) in [6.07, 6.45) is 0. The van der Waals surface area contributed by atoms with Gasteiger partial charge in [0.05, 0.1) is 13.7 Å². The largest absolute Gasteiger partial charge is 0.494 e. The molecule has 24 heavy (non-hydrogen) atoms. The molecule has 0 unspecified atom stereocenters. The second-order valence-corrected chi connectivity index (χ2v) is 4.62. The number of aromatic nitrogens is 5. The van der Waals surface area contributed by atoms with E-state index in [0.717, 1.165) is 0 Å². The van der Waals surface area contributed by atoms with Crippen molar-refractivity contribution in [2.45, 2.75) is 6.92 Å². The predicted octanol–water partition coefficient (Wildman–Crippen LogP) is 1.08. The number of anilines is 1. The second-order valence-electron chi connectivity index (χ2n) is 4.62. The minimum Gasteiger partial charge on any atom is -0.494 e. The standard InChI is InChI=1S/C14H14N6O4/c1-3-23-9-6-4-5-8(7-9)11-10(14(21)22-2)16-19-20(11)13-12(15)17-24-18-13/h4-7H,3H2,1-2H3,(H2,15,17). The molecule has 0 atom stereocenters. The van der Waals surface area contributed by atoms with Crippen LogP contribution in [0.25, 0.3) is 17.1 Å². The molecule has 0 aliphatic carbocycles. The van der Waals surface area contributed by atoms with Gasteiger partial charge in [0.15, 0.2) is 5.69 Å². The Kier molecular flexibility index (Phi) is 4.10. The summed E-state index contributed by atoms with van der Waals surface area (Å²) in [6, 6.07) is 7.09. The lowest BCUT2D eigenvalue weighted by atomic mass is 10.1. The number of nitrogen functional groups attached to an aromatic ring is 1. The lowest BCUT2D eigenvalue weighted by molar-refractivity contribution is 0.0595. The average molecular weight is 330 g/mol. The van der Waals surface area contributed by atoms with Gasteiger partial charge in [-0.3, -0.25) is 0 Å². The average Bonchev–Trinajstić information content (AvgIpc) is 3.20. The molecule has 0 fully saturated rings. The lowest BCUT2D eigenvalue weighted by Gasteiger charge is -2.08. The fourth-order valence-electron chi connectivity index (χ4n) is 2.16. The number of benzene rings is 1. The van der Waals surface area contributed by atoms with Crippen molar-refractivity contribution in [1.29, 1.82) is 0 Å². The first kappa shape index (κ1) is 15.5. The van der Waals surface area contributed by atoms with Crippen LogP contribution < -0.4 is 10.5 Å². The first-order valence-electron chi connectivity index (χ1n) is 7.01. The summed E-state index contributed by atoms with van der Waals surface area (Å²) in [7, 11) is 1.26. The molecule has 1 aromatic carbocycles. The zero-order chi connectivity index (χ0) is 17.1. The fourth-order valence-corrected chi connectivity index (χ4v) is 2.16. The van der Waals surface area contributed by atoms with Crippen LogP contribution in [-0.4, -0.2) is 45.0 Å². The Bertz CT molecular complexity index is 872. The Morgan fingerprint density at radius 3 is 2.88 bits per heavy atom. The van der Waals surface area contributed by atoms with E-state index in [-0.39, 0.29) is 17.3 Å². The molecule has 2 heterocycles. The summed E-state index contributed by atoms with van der Waals surface area (Å²) in [5, 5.41) is 15.0. The van der Waals surface area contributed by atoms with Crippen molar-refractivity contribution in [1.82, 2.24) is 25.3 Å². The normalized spacial score (nSPS) is 10.6. The number of hydrogen-bond acceptors (Lipinski definition) is 9. The SMILES string of the molecule is CCOc1cccc(-c2c(C(=O)OC)nnn2-c2nonc2N)c1. The molecular formula is C14H14N6O4. The zero-order valence-electron chi connectivity index (χ0n) is 13.0. The second kappa shape index (κ2) is 6.36. The van der Waals surface area contributed by atoms with E-state index in [1.807, 2.05) is 6.92 Å². The minimum absolute atomic E-state index is 0.00792. The molecule has 10 heteroatoms. The smallest absolute Gasteiger partial charge is 0.360 e. The number of nitrogens with zero attached hydrogens (tertiary/aromatic N) is 5. The Hall–Kier alpha value is -3.43. The molecule has 0 spiro atoms. The first-order valence-corrected chi connectivity index (χ1v) is 7.01. The van der Waals surface area contributed by atoms with E-state index in [0.29, 0.717) is 23.6 Å². The van der Waals surface area contributed by atoms with Gasteiger partial charge in [-0.15, -0.1) is 5.10 Å². The quantitative estimate of drug-likeness (QED) is 0.682. The summed E-state index contributed by atoms with van der Waals surface area (Å²) in [5.74, 6) is 0.117. The third-order valence-electron chi connectivity index (χ3n) is 3.16. The number of methoxy groups -OCH3 is 1. The van der Waals surface area contributed by atoms with Crippen LogP contribution in [-0.2, 0) is 4.74 Å². The number of carbonyl (C=O) groups excluding carboxylic acids is 1. The van der Waals surface area contributed by atoms with Gasteiger partial charge in [-0.1, -0.05) is 17.3 Å². The molecule has 10 nitrogen and oxygen atoms in total. The van der Waals surface area contributed by atoms with Gasteiger partial charge in [-0.05, 0) is 29.4 Å². The molecule has 124 valence electrons. The maximum Gasteiger partial charge on any atom is 0.360 e. The van der Waals surface area contributed by atoms with Gasteiger partial charge < -0.3 is 15.2 Å². The monoisotopic (exact) mass is 330 g/mol. The van der Waals surface area contributed by atoms with Gasteiger partial charge in [0.25, 0.3) is 0 Å². The highest BCUT2D eigenvalue weighted by Crippen LogP contribution is 2.29. The van der Waals surface area contributed by atoms with Gasteiger partial charge in [-0.2, -0.15) is 4.68 Å². The van der Waals surface area contributed by atoms with Crippen molar-refractivity contribution in [2.75, 3.05) is 19.5 Å². The molecule has 0 saturated heterocycles. The zero-order valence-corrected chi connectivity index (χ0v) is 13.0. The summed E-state index contributed by atoms with van der Waals surface area (Å²) in [6.45, 7) is 2.38. The highest BCUT2D eigenvalue weighted by atomic mass is 16.6. The van der Waals surface area contributed by atoms with E-state index in [9.17, 15) is 4.79 Å². The molecule has 3 aromatic rings. The molecule has 0 saturated carbocycles. The van der Waals surface area contributed by atoms with Gasteiger partial charge in [0.1, 0.15) is 11.4 Å². The van der Waals surface area contributed by atoms with Crippen LogP contribution in [0.2, 0.25) is 0 Å². The highest BCUT2D eigenvalue weighted by Gasteiger charge is 2.25. The van der Waals surface area contributed by atoms with Gasteiger partial charge in [0.2, 0.25) is 11.6 Å². The van der Waals surface area contributed by atoms with Crippen molar-refractivity contribution < 1.29 is 18.9 Å². The summed E-state index contributed by atoms with van der Waals surface area (Å²) in [5.41, 5.74) is 6.68. The number of rotatable bonds is 5. The number of hydrogen-bond donors (Lipinski definition) is 1. The van der Waals surface area contributed by atoms with E-state index < -0.39 is 5.97 Å². The highest BCUT2D eigenvalue weighted by molar-refractivity contribution is 5.94. The van der Waals surface area contributed by atoms with Gasteiger partial charge in [-0.25, -0.2) is 9.42 Å². The molecule has 0 bridgehead atoms. The Labute approximate surface area is 136 Å². The van der Waals surface area contributed by atoms with E-state index in [1.165, 1.54) is 11.8 Å². The Morgan fingerprint density at radius 2 is 2.21 bits per heavy atom. The third kappa shape index (κ3) is 2.64. The maximum absolute atomic E-state index is 12.0. The maximum atomic E-state index is 12.0. The topological polar surface area (TPSA) is 131 Å². The lowest BCUT2D eigenvalue weighted by Crippen LogP contribution is -2.07. The predicted molar refractivity (Wildman–Crippen MR) is 81.6 cm³/mol. The van der Waals surface area contributed by atoms with Crippen LogP contribution >= 0.6 is 0 Å². The number of esters is 1. The molecule has 2 N–H and O–H groups in total. The van der Waals surface area contributed by atoms with Crippen LogP contribution in [0.4, 0.5) is 5.82 Å². The number of nitrogens with two attached hydrogens (primary N) is 1. The summed E-state index contributed by atoms with van der Waals surface area (Å²) >= 11 is 0. The van der Waals surface area contributed by atoms with Gasteiger partial charge >= 0.3 is 5.97 Å². The van der Waals surface area contributed by atoms with Crippen LogP contribution in [0.1, 0.15) is 17.4 Å². The fraction of sp³-hybridized carbons (Fsp3) is 0.214. The van der Waals surface area contributed by atoms with Crippen molar-refractivity contribution in [3.63, 3.8) is 0 Å². The third-order valence-corrected chi connectivity index (χ3v) is 3.16. The number of ether oxygens (including phenoxy) is 2. The molecule has 3 rings (SSSR count). The Morgan fingerprint density at radius 1 is 1.38 bits per heavy atom. The Balaban J connectivity index is 2.20. The van der Waals surface area contributed by atoms with E-state index >= 15 is 0 Å². The molecular weight excluding hydrogens is 316 g/mol. The number of carbonyl (C=O) groups is 1. The van der Waals surface area contributed by atoms with Gasteiger partial charge in [0, 0.05) is 5.56 Å². The molecule has 2 aromatic heterocycles. The molecule has 0 aliphatic heterocycles. The van der Waals surface area contributed by atoms with Crippen LogP contribution in [0, 0.1) is 0 Å². The van der Waals surface area contributed by atoms with Crippen molar-refractivity contribution >= 4 is 11.8 Å². The molecule has 0 radical (unpaired) electrons. The summed E-state index contributed by atoms with van der Waals surface area (Å²) < 4.78 is 16.1. The van der Waals surface area contributed by atoms with Crippen molar-refractivity contribution in [3.05, 3.63) is 30.0 Å². The van der Waals surface area contributed by atoms with E-state index in [1.54, 1.807) is 24.3 Å². The molecule has 0 aliphatic rings. The van der Waals surface area contributed by atoms with Crippen LogP contribution in [0.5, 0.6) is 5.75 Å². The van der Waals surface area contributed by atoms with Crippen molar-refractivity contribution in [3.8, 4) is 22.8 Å².